The van der Waals surface area contributed by atoms with E-state index in [1.807, 2.05) is 18.5 Å². The van der Waals surface area contributed by atoms with Crippen LogP contribution in [0.4, 0.5) is 0 Å². The first kappa shape index (κ1) is 14.2. The molecular weight excluding hydrogens is 274 g/mol. The Labute approximate surface area is 132 Å². The molecule has 0 spiro atoms. The molecule has 4 heteroatoms. The van der Waals surface area contributed by atoms with Gasteiger partial charge in [0, 0.05) is 51.0 Å². The van der Waals surface area contributed by atoms with Crippen LogP contribution in [0, 0.1) is 17.8 Å². The first-order chi connectivity index (χ1) is 10.8. The molecule has 22 heavy (non-hydrogen) atoms. The van der Waals surface area contributed by atoms with Crippen molar-refractivity contribution in [2.45, 2.75) is 32.2 Å². The third kappa shape index (κ3) is 2.76. The number of aromatic nitrogens is 1. The lowest BCUT2D eigenvalue weighted by molar-refractivity contribution is -0.139. The van der Waals surface area contributed by atoms with Gasteiger partial charge in [0.15, 0.2) is 0 Å². The molecule has 3 fully saturated rings. The number of nitrogens with zero attached hydrogens (tertiary/aromatic N) is 3. The molecule has 1 amide bonds. The zero-order valence-corrected chi connectivity index (χ0v) is 13.2. The molecule has 3 unspecified atom stereocenters. The number of hydrogen-bond donors (Lipinski definition) is 0. The summed E-state index contributed by atoms with van der Waals surface area (Å²) < 4.78 is 0. The highest BCUT2D eigenvalue weighted by molar-refractivity contribution is 5.79. The Morgan fingerprint density at radius 1 is 1.18 bits per heavy atom. The number of fused-ring (bicyclic) bond motifs is 2. The molecule has 4 nitrogen and oxygen atoms in total. The molecule has 2 aliphatic carbocycles. The van der Waals surface area contributed by atoms with Crippen LogP contribution in [0.3, 0.4) is 0 Å². The highest BCUT2D eigenvalue weighted by Crippen LogP contribution is 2.48. The van der Waals surface area contributed by atoms with Crippen LogP contribution in [0.1, 0.15) is 31.2 Å². The van der Waals surface area contributed by atoms with Crippen LogP contribution in [0.15, 0.2) is 24.5 Å². The molecule has 0 aromatic carbocycles. The van der Waals surface area contributed by atoms with Gasteiger partial charge in [-0.25, -0.2) is 0 Å². The third-order valence-electron chi connectivity index (χ3n) is 5.87. The molecule has 2 saturated carbocycles. The molecule has 3 aliphatic rings. The van der Waals surface area contributed by atoms with Gasteiger partial charge in [-0.3, -0.25) is 14.7 Å². The largest absolute Gasteiger partial charge is 0.340 e. The lowest BCUT2D eigenvalue weighted by Crippen LogP contribution is -2.50. The van der Waals surface area contributed by atoms with Crippen molar-refractivity contribution in [1.82, 2.24) is 14.8 Å². The average molecular weight is 299 g/mol. The van der Waals surface area contributed by atoms with Gasteiger partial charge in [-0.1, -0.05) is 12.5 Å². The molecule has 1 saturated heterocycles. The van der Waals surface area contributed by atoms with Crippen molar-refractivity contribution in [3.8, 4) is 0 Å². The molecule has 118 valence electrons. The fourth-order valence-electron chi connectivity index (χ4n) is 4.66. The summed E-state index contributed by atoms with van der Waals surface area (Å²) in [6.45, 7) is 4.72. The lowest BCUT2D eigenvalue weighted by atomic mass is 9.87. The Balaban J connectivity index is 1.29. The number of piperazine rings is 1. The SMILES string of the molecule is O=C(C1CC2CCC1C2)N1CCN(Cc2cccnc2)CC1. The summed E-state index contributed by atoms with van der Waals surface area (Å²) in [5.74, 6) is 2.36. The summed E-state index contributed by atoms with van der Waals surface area (Å²) in [6.07, 6.45) is 8.90. The van der Waals surface area contributed by atoms with Crippen LogP contribution in [-0.2, 0) is 11.3 Å². The monoisotopic (exact) mass is 299 g/mol. The fourth-order valence-corrected chi connectivity index (χ4v) is 4.66. The van der Waals surface area contributed by atoms with Crippen molar-refractivity contribution in [2.75, 3.05) is 26.2 Å². The predicted molar refractivity (Wildman–Crippen MR) is 85.0 cm³/mol. The zero-order chi connectivity index (χ0) is 14.9. The molecule has 0 N–H and O–H groups in total. The molecule has 3 atom stereocenters. The molecule has 1 aromatic heterocycles. The highest BCUT2D eigenvalue weighted by atomic mass is 16.2. The van der Waals surface area contributed by atoms with Crippen LogP contribution >= 0.6 is 0 Å². The summed E-state index contributed by atoms with van der Waals surface area (Å²) in [5.41, 5.74) is 1.26. The quantitative estimate of drug-likeness (QED) is 0.858. The number of hydrogen-bond acceptors (Lipinski definition) is 3. The maximum atomic E-state index is 12.8. The fraction of sp³-hybridized carbons (Fsp3) is 0.667. The smallest absolute Gasteiger partial charge is 0.226 e. The van der Waals surface area contributed by atoms with Gasteiger partial charge in [-0.05, 0) is 42.7 Å². The van der Waals surface area contributed by atoms with Gasteiger partial charge in [0.25, 0.3) is 0 Å². The van der Waals surface area contributed by atoms with Crippen molar-refractivity contribution in [3.05, 3.63) is 30.1 Å². The number of carbonyl (C=O) groups excluding carboxylic acids is 1. The normalized spacial score (nSPS) is 31.6. The highest BCUT2D eigenvalue weighted by Gasteiger charge is 2.44. The topological polar surface area (TPSA) is 36.4 Å². The second-order valence-corrected chi connectivity index (χ2v) is 7.24. The van der Waals surface area contributed by atoms with Gasteiger partial charge < -0.3 is 4.90 Å². The minimum Gasteiger partial charge on any atom is -0.340 e. The Kier molecular flexibility index (Phi) is 3.87. The van der Waals surface area contributed by atoms with E-state index in [0.717, 1.165) is 38.6 Å². The summed E-state index contributed by atoms with van der Waals surface area (Å²) in [5, 5.41) is 0. The van der Waals surface area contributed by atoms with E-state index in [1.54, 1.807) is 0 Å². The Bertz CT molecular complexity index is 524. The minimum absolute atomic E-state index is 0.351. The first-order valence-corrected chi connectivity index (χ1v) is 8.69. The van der Waals surface area contributed by atoms with Gasteiger partial charge in [-0.2, -0.15) is 0 Å². The minimum atomic E-state index is 0.351. The van der Waals surface area contributed by atoms with Gasteiger partial charge >= 0.3 is 0 Å². The van der Waals surface area contributed by atoms with E-state index in [2.05, 4.69) is 20.9 Å². The summed E-state index contributed by atoms with van der Waals surface area (Å²) in [7, 11) is 0. The molecule has 0 radical (unpaired) electrons. The predicted octanol–water partition coefficient (Wildman–Crippen LogP) is 2.16. The summed E-state index contributed by atoms with van der Waals surface area (Å²) in [4.78, 5) is 21.5. The van der Waals surface area contributed by atoms with Gasteiger partial charge in [0.2, 0.25) is 5.91 Å². The number of carbonyl (C=O) groups is 1. The van der Waals surface area contributed by atoms with Crippen molar-refractivity contribution in [2.24, 2.45) is 17.8 Å². The number of rotatable bonds is 3. The maximum Gasteiger partial charge on any atom is 0.226 e. The molecule has 1 aromatic rings. The van der Waals surface area contributed by atoms with Crippen LogP contribution in [0.5, 0.6) is 0 Å². The molecular formula is C18H25N3O. The summed E-state index contributed by atoms with van der Waals surface area (Å²) in [6, 6.07) is 4.12. The standard InChI is InChI=1S/C18H25N3O/c22-18(17-11-14-3-4-16(17)10-14)21-8-6-20(7-9-21)13-15-2-1-5-19-12-15/h1-2,5,12,14,16-17H,3-4,6-11,13H2. The second kappa shape index (κ2) is 5.99. The molecule has 2 bridgehead atoms. The average Bonchev–Trinajstić information content (AvgIpc) is 3.19. The third-order valence-corrected chi connectivity index (χ3v) is 5.87. The van der Waals surface area contributed by atoms with E-state index in [9.17, 15) is 4.79 Å². The Morgan fingerprint density at radius 2 is 2.05 bits per heavy atom. The molecule has 2 heterocycles. The van der Waals surface area contributed by atoms with E-state index in [-0.39, 0.29) is 0 Å². The van der Waals surface area contributed by atoms with E-state index < -0.39 is 0 Å². The Morgan fingerprint density at radius 3 is 2.68 bits per heavy atom. The molecule has 4 rings (SSSR count). The molecule has 1 aliphatic heterocycles. The second-order valence-electron chi connectivity index (χ2n) is 7.24. The van der Waals surface area contributed by atoms with Crippen molar-refractivity contribution < 1.29 is 4.79 Å². The van der Waals surface area contributed by atoms with Crippen LogP contribution in [0.25, 0.3) is 0 Å². The van der Waals surface area contributed by atoms with Crippen LogP contribution in [-0.4, -0.2) is 46.9 Å². The van der Waals surface area contributed by atoms with Crippen molar-refractivity contribution in [3.63, 3.8) is 0 Å². The number of pyridine rings is 1. The van der Waals surface area contributed by atoms with Gasteiger partial charge in [-0.15, -0.1) is 0 Å². The lowest BCUT2D eigenvalue weighted by Gasteiger charge is -2.37. The van der Waals surface area contributed by atoms with E-state index in [1.165, 1.54) is 31.2 Å². The van der Waals surface area contributed by atoms with Crippen molar-refractivity contribution in [1.29, 1.82) is 0 Å². The van der Waals surface area contributed by atoms with Gasteiger partial charge in [0.1, 0.15) is 0 Å². The zero-order valence-electron chi connectivity index (χ0n) is 13.2. The van der Waals surface area contributed by atoms with E-state index >= 15 is 0 Å². The van der Waals surface area contributed by atoms with E-state index in [4.69, 9.17) is 0 Å². The van der Waals surface area contributed by atoms with E-state index in [0.29, 0.717) is 17.7 Å². The first-order valence-electron chi connectivity index (χ1n) is 8.69. The van der Waals surface area contributed by atoms with Gasteiger partial charge in [0.05, 0.1) is 0 Å². The Hall–Kier alpha value is -1.42. The van der Waals surface area contributed by atoms with Crippen molar-refractivity contribution >= 4 is 5.91 Å². The number of amides is 1. The van der Waals surface area contributed by atoms with Crippen LogP contribution in [0.2, 0.25) is 0 Å². The van der Waals surface area contributed by atoms with Crippen LogP contribution < -0.4 is 0 Å². The summed E-state index contributed by atoms with van der Waals surface area (Å²) >= 11 is 0. The maximum absolute atomic E-state index is 12.8.